The Morgan fingerprint density at radius 3 is 2.54 bits per heavy atom. The number of hydrogen-bond acceptors (Lipinski definition) is 9. The number of rotatable bonds is 7. The van der Waals surface area contributed by atoms with Crippen LogP contribution in [0.25, 0.3) is 0 Å². The molecule has 1 N–H and O–H groups in total. The third kappa shape index (κ3) is 7.68. The summed E-state index contributed by atoms with van der Waals surface area (Å²) in [5, 5.41) is 14.5. The van der Waals surface area contributed by atoms with E-state index in [1.807, 2.05) is 18.4 Å². The molecule has 3 aromatic rings. The average molecular weight is 702 g/mol. The van der Waals surface area contributed by atoms with Crippen LogP contribution in [-0.4, -0.2) is 51.2 Å². The number of halogens is 1. The molecule has 0 radical (unpaired) electrons. The maximum atomic E-state index is 14.5. The van der Waals surface area contributed by atoms with Gasteiger partial charge in [0.1, 0.15) is 29.6 Å². The molecule has 10 nitrogen and oxygen atoms in total. The number of aryl methyl sites for hydroxylation is 3. The summed E-state index contributed by atoms with van der Waals surface area (Å²) in [5.74, 6) is 3.03. The predicted molar refractivity (Wildman–Crippen MR) is 193 cm³/mol. The van der Waals surface area contributed by atoms with Crippen molar-refractivity contribution in [3.8, 4) is 18.1 Å². The number of oxime groups is 1. The number of benzene rings is 2. The van der Waals surface area contributed by atoms with Gasteiger partial charge in [0.25, 0.3) is 5.91 Å². The molecule has 2 aliphatic heterocycles. The molecule has 12 heteroatoms. The molecule has 1 unspecified atom stereocenters. The lowest BCUT2D eigenvalue weighted by atomic mass is 9.78. The molecule has 0 spiro atoms. The van der Waals surface area contributed by atoms with Crippen molar-refractivity contribution < 1.29 is 28.7 Å². The number of allylic oxidation sites excluding steroid dienone is 2. The minimum absolute atomic E-state index is 0.0204. The number of ketones is 1. The van der Waals surface area contributed by atoms with Crippen LogP contribution >= 0.6 is 11.5 Å². The van der Waals surface area contributed by atoms with Crippen LogP contribution in [-0.2, 0) is 27.4 Å². The summed E-state index contributed by atoms with van der Waals surface area (Å²) in [6.45, 7) is 15.5. The van der Waals surface area contributed by atoms with Gasteiger partial charge in [-0.25, -0.2) is 9.38 Å². The molecule has 50 heavy (non-hydrogen) atoms. The van der Waals surface area contributed by atoms with Crippen molar-refractivity contribution in [3.63, 3.8) is 0 Å². The molecule has 3 aliphatic rings. The van der Waals surface area contributed by atoms with Crippen LogP contribution in [0.4, 0.5) is 15.8 Å². The Morgan fingerprint density at radius 1 is 1.18 bits per heavy atom. The fraction of sp³-hybridized carbons (Fsp3) is 0.447. The Bertz CT molecular complexity index is 1980. The van der Waals surface area contributed by atoms with Crippen molar-refractivity contribution in [2.45, 2.75) is 86.6 Å². The highest BCUT2D eigenvalue weighted by Gasteiger charge is 2.33. The minimum atomic E-state index is -0.515. The number of Topliss-reactive ketones (excluding diaryl/α,β-unsaturated/α-hetero) is 1. The summed E-state index contributed by atoms with van der Waals surface area (Å²) >= 11 is 1.24. The quantitative estimate of drug-likeness (QED) is 0.162. The number of fused-ring (bicyclic) bond motifs is 2. The van der Waals surface area contributed by atoms with Gasteiger partial charge in [-0.15, -0.1) is 6.42 Å². The van der Waals surface area contributed by atoms with Crippen LogP contribution in [0.15, 0.2) is 45.7 Å². The molecule has 1 amide bonds. The molecule has 6 rings (SSSR count). The first kappa shape index (κ1) is 36.5. The smallest absolute Gasteiger partial charge is 0.265 e. The fourth-order valence-corrected chi connectivity index (χ4v) is 7.69. The monoisotopic (exact) mass is 701 g/mol. The number of aliphatic hydroxyl groups is 1. The number of aliphatic hydroxyl groups excluding tert-OH is 1. The zero-order valence-electron chi connectivity index (χ0n) is 29.7. The highest BCUT2D eigenvalue weighted by atomic mass is 32.1. The van der Waals surface area contributed by atoms with E-state index in [1.54, 1.807) is 0 Å². The number of carbonyl (C=O) groups excluding carboxylic acids is 2. The Balaban J connectivity index is 0.000000195. The summed E-state index contributed by atoms with van der Waals surface area (Å²) < 4.78 is 26.3. The predicted octanol–water partition coefficient (Wildman–Crippen LogP) is 6.93. The van der Waals surface area contributed by atoms with Crippen LogP contribution in [0, 0.1) is 44.3 Å². The van der Waals surface area contributed by atoms with Crippen molar-refractivity contribution in [2.75, 3.05) is 24.7 Å². The van der Waals surface area contributed by atoms with E-state index in [0.29, 0.717) is 53.4 Å². The SMILES string of the molecule is C#CCN1C(=O)COc2cc(F)c(/N=c3\snc4n3CC(C)(C)C4)cc21.CCO/N=C(\CC)C1=C(O)CC(c2c(C)cc(C)cc2C)CC1=O. The second-order valence-electron chi connectivity index (χ2n) is 13.6. The van der Waals surface area contributed by atoms with Crippen LogP contribution in [0.3, 0.4) is 0 Å². The molecule has 1 aromatic heterocycles. The van der Waals surface area contributed by atoms with Gasteiger partial charge in [-0.3, -0.25) is 14.5 Å². The first-order chi connectivity index (χ1) is 23.8. The van der Waals surface area contributed by atoms with Crippen molar-refractivity contribution >= 4 is 40.3 Å². The van der Waals surface area contributed by atoms with E-state index in [9.17, 15) is 19.1 Å². The van der Waals surface area contributed by atoms with Crippen LogP contribution < -0.4 is 14.4 Å². The van der Waals surface area contributed by atoms with Crippen LogP contribution in [0.1, 0.15) is 81.0 Å². The van der Waals surface area contributed by atoms with Gasteiger partial charge in [0.05, 0.1) is 23.5 Å². The molecule has 2 aromatic carbocycles. The summed E-state index contributed by atoms with van der Waals surface area (Å²) in [4.78, 5) is 36.3. The molecule has 0 fully saturated rings. The summed E-state index contributed by atoms with van der Waals surface area (Å²) in [7, 11) is 0. The number of carbonyl (C=O) groups is 2. The largest absolute Gasteiger partial charge is 0.511 e. The maximum absolute atomic E-state index is 14.5. The van der Waals surface area contributed by atoms with Gasteiger partial charge in [0, 0.05) is 43.4 Å². The summed E-state index contributed by atoms with van der Waals surface area (Å²) in [6, 6.07) is 7.03. The molecule has 3 heterocycles. The van der Waals surface area contributed by atoms with Gasteiger partial charge in [-0.2, -0.15) is 4.37 Å². The Morgan fingerprint density at radius 2 is 1.90 bits per heavy atom. The van der Waals surface area contributed by atoms with E-state index in [4.69, 9.17) is 16.0 Å². The van der Waals surface area contributed by atoms with E-state index in [2.05, 4.69) is 67.2 Å². The second kappa shape index (κ2) is 15.0. The molecule has 1 aliphatic carbocycles. The standard InChI is InChI=1S/C20H27NO3.C18H17FN4O2S/c1-6-16(21-24-7-2)20-17(22)10-15(11-18(20)23)19-13(4)8-12(3)9-14(19)5;1-4-5-22-13-7-12(11(19)6-14(13)25-9-16(22)24)20-17-23-10-18(2,3)8-15(23)21-26-17/h8-9,15,22H,6-7,10-11H2,1-5H3;1,6-7H,5,8-10H2,2-3H3/b21-16+;20-17-. The van der Waals surface area contributed by atoms with E-state index in [-0.39, 0.29) is 47.6 Å². The second-order valence-corrected chi connectivity index (χ2v) is 14.4. The summed E-state index contributed by atoms with van der Waals surface area (Å²) in [5.41, 5.74) is 6.32. The highest BCUT2D eigenvalue weighted by molar-refractivity contribution is 7.02. The highest BCUT2D eigenvalue weighted by Crippen LogP contribution is 2.39. The molecule has 264 valence electrons. The molecule has 1 atom stereocenters. The number of terminal acetylenes is 1. The Kier molecular flexibility index (Phi) is 11.0. The van der Waals surface area contributed by atoms with Gasteiger partial charge in [-0.1, -0.05) is 49.5 Å². The number of anilines is 1. The molecule has 0 saturated carbocycles. The number of nitrogens with zero attached hydrogens (tertiary/aromatic N) is 5. The Labute approximate surface area is 296 Å². The fourth-order valence-electron chi connectivity index (χ4n) is 6.94. The van der Waals surface area contributed by atoms with Gasteiger partial charge in [0.15, 0.2) is 18.2 Å². The Hall–Kier alpha value is -4.76. The van der Waals surface area contributed by atoms with Gasteiger partial charge < -0.3 is 19.2 Å². The normalized spacial score (nSPS) is 18.6. The van der Waals surface area contributed by atoms with Crippen LogP contribution in [0.2, 0.25) is 0 Å². The first-order valence-electron chi connectivity index (χ1n) is 16.8. The van der Waals surface area contributed by atoms with Crippen molar-refractivity contribution in [3.05, 3.63) is 74.3 Å². The molecule has 0 bridgehead atoms. The number of hydrogen-bond donors (Lipinski definition) is 1. The van der Waals surface area contributed by atoms with E-state index in [0.717, 1.165) is 18.8 Å². The zero-order valence-corrected chi connectivity index (χ0v) is 30.5. The van der Waals surface area contributed by atoms with Gasteiger partial charge in [-0.05, 0) is 68.2 Å². The molecular formula is C38H44FN5O5S. The third-order valence-corrected chi connectivity index (χ3v) is 9.72. The molecule has 0 saturated heterocycles. The van der Waals surface area contributed by atoms with Gasteiger partial charge in [0.2, 0.25) is 4.80 Å². The summed E-state index contributed by atoms with van der Waals surface area (Å²) in [6.07, 6.45) is 7.64. The first-order valence-corrected chi connectivity index (χ1v) is 17.6. The topological polar surface area (TPSA) is 119 Å². The average Bonchev–Trinajstić information content (AvgIpc) is 3.55. The lowest BCUT2D eigenvalue weighted by molar-refractivity contribution is -0.121. The lowest BCUT2D eigenvalue weighted by Gasteiger charge is -2.28. The minimum Gasteiger partial charge on any atom is -0.511 e. The van der Waals surface area contributed by atoms with E-state index in [1.165, 1.54) is 50.8 Å². The van der Waals surface area contributed by atoms with Crippen molar-refractivity contribution in [2.24, 2.45) is 15.6 Å². The van der Waals surface area contributed by atoms with Crippen molar-refractivity contribution in [1.29, 1.82) is 0 Å². The molecular weight excluding hydrogens is 658 g/mol. The van der Waals surface area contributed by atoms with Crippen molar-refractivity contribution in [1.82, 2.24) is 8.94 Å². The third-order valence-electron chi connectivity index (χ3n) is 8.95. The number of aromatic nitrogens is 2. The number of ether oxygens (including phenoxy) is 1. The number of amides is 1. The zero-order chi connectivity index (χ0) is 36.3. The lowest BCUT2D eigenvalue weighted by Crippen LogP contribution is -2.39. The maximum Gasteiger partial charge on any atom is 0.265 e. The van der Waals surface area contributed by atoms with E-state index >= 15 is 0 Å². The van der Waals surface area contributed by atoms with Gasteiger partial charge >= 0.3 is 0 Å². The van der Waals surface area contributed by atoms with Crippen LogP contribution in [0.5, 0.6) is 5.75 Å². The van der Waals surface area contributed by atoms with E-state index < -0.39 is 5.82 Å².